The average Bonchev–Trinajstić information content (AvgIpc) is 3.48. The highest BCUT2D eigenvalue weighted by Gasteiger charge is 2.26. The van der Waals surface area contributed by atoms with E-state index >= 15 is 0 Å². The fraction of sp³-hybridized carbons (Fsp3) is 0.273. The Balaban J connectivity index is 1.22. The van der Waals surface area contributed by atoms with E-state index in [9.17, 15) is 9.59 Å². The third kappa shape index (κ3) is 5.01. The predicted molar refractivity (Wildman–Crippen MR) is 114 cm³/mol. The van der Waals surface area contributed by atoms with Crippen LogP contribution in [0.1, 0.15) is 24.3 Å². The molecule has 1 aliphatic rings. The van der Waals surface area contributed by atoms with Crippen LogP contribution in [0.3, 0.4) is 0 Å². The Kier molecular flexibility index (Phi) is 6.34. The van der Waals surface area contributed by atoms with Crippen LogP contribution in [0.15, 0.2) is 58.4 Å². The molecule has 2 aromatic heterocycles. The van der Waals surface area contributed by atoms with E-state index in [1.54, 1.807) is 11.0 Å². The molecule has 0 saturated carbocycles. The molecule has 0 spiro atoms. The van der Waals surface area contributed by atoms with Gasteiger partial charge in [-0.1, -0.05) is 41.6 Å². The van der Waals surface area contributed by atoms with Gasteiger partial charge >= 0.3 is 0 Å². The highest BCUT2D eigenvalue weighted by molar-refractivity contribution is 7.13. The number of benzene rings is 1. The smallest absolute Gasteiger partial charge is 0.246 e. The van der Waals surface area contributed by atoms with Gasteiger partial charge in [0.1, 0.15) is 0 Å². The van der Waals surface area contributed by atoms with Crippen LogP contribution in [0.25, 0.3) is 16.8 Å². The lowest BCUT2D eigenvalue weighted by atomic mass is 9.96. The summed E-state index contributed by atoms with van der Waals surface area (Å²) >= 11 is 1.53. The minimum atomic E-state index is -0.119. The molecule has 1 aromatic carbocycles. The van der Waals surface area contributed by atoms with Gasteiger partial charge in [0, 0.05) is 25.1 Å². The molecule has 1 N–H and O–H groups in total. The zero-order valence-corrected chi connectivity index (χ0v) is 17.2. The first kappa shape index (κ1) is 20.0. The molecular formula is C22H22N4O3S. The molecule has 3 heterocycles. The summed E-state index contributed by atoms with van der Waals surface area (Å²) in [4.78, 5) is 31.9. The molecule has 0 aliphatic carbocycles. The fourth-order valence-electron chi connectivity index (χ4n) is 3.34. The quantitative estimate of drug-likeness (QED) is 0.616. The number of hydrogen-bond donors (Lipinski definition) is 1. The van der Waals surface area contributed by atoms with E-state index in [1.807, 2.05) is 53.9 Å². The largest absolute Gasteiger partial charge is 0.347 e. The van der Waals surface area contributed by atoms with Gasteiger partial charge in [0.2, 0.25) is 23.5 Å². The number of aromatic nitrogens is 2. The van der Waals surface area contributed by atoms with Crippen molar-refractivity contribution in [1.82, 2.24) is 20.4 Å². The first-order valence-electron chi connectivity index (χ1n) is 9.85. The van der Waals surface area contributed by atoms with Gasteiger partial charge in [-0.2, -0.15) is 4.98 Å². The first-order chi connectivity index (χ1) is 14.7. The molecule has 0 radical (unpaired) electrons. The Bertz CT molecular complexity index is 1010. The molecule has 0 atom stereocenters. The van der Waals surface area contributed by atoms with E-state index in [0.29, 0.717) is 37.6 Å². The topological polar surface area (TPSA) is 88.3 Å². The molecule has 1 aliphatic heterocycles. The normalized spacial score (nSPS) is 14.9. The molecular weight excluding hydrogens is 400 g/mol. The van der Waals surface area contributed by atoms with Gasteiger partial charge in [-0.25, -0.2) is 0 Å². The second-order valence-electron chi connectivity index (χ2n) is 7.05. The van der Waals surface area contributed by atoms with Crippen LogP contribution in [-0.2, 0) is 16.1 Å². The molecule has 0 unspecified atom stereocenters. The number of thiophene rings is 1. The number of nitrogens with one attached hydrogen (secondary N) is 1. The van der Waals surface area contributed by atoms with Crippen LogP contribution in [0.2, 0.25) is 0 Å². The second kappa shape index (κ2) is 9.49. The predicted octanol–water partition coefficient (Wildman–Crippen LogP) is 3.37. The van der Waals surface area contributed by atoms with Crippen molar-refractivity contribution in [2.45, 2.75) is 19.4 Å². The summed E-state index contributed by atoms with van der Waals surface area (Å²) in [5.41, 5.74) is 0.989. The highest BCUT2D eigenvalue weighted by Crippen LogP contribution is 2.21. The number of amides is 2. The molecule has 0 bridgehead atoms. The van der Waals surface area contributed by atoms with Crippen molar-refractivity contribution in [3.63, 3.8) is 0 Å². The third-order valence-corrected chi connectivity index (χ3v) is 5.88. The van der Waals surface area contributed by atoms with E-state index < -0.39 is 0 Å². The van der Waals surface area contributed by atoms with Gasteiger partial charge in [0.05, 0.1) is 11.4 Å². The Morgan fingerprint density at radius 1 is 1.17 bits per heavy atom. The molecule has 1 fully saturated rings. The van der Waals surface area contributed by atoms with E-state index in [-0.39, 0.29) is 24.3 Å². The molecule has 7 nitrogen and oxygen atoms in total. The number of hydrogen-bond acceptors (Lipinski definition) is 6. The zero-order valence-electron chi connectivity index (χ0n) is 16.4. The summed E-state index contributed by atoms with van der Waals surface area (Å²) in [5.74, 6) is 0.726. The zero-order chi connectivity index (χ0) is 20.8. The number of rotatable bonds is 6. The maximum absolute atomic E-state index is 12.5. The van der Waals surface area contributed by atoms with Crippen molar-refractivity contribution in [2.75, 3.05) is 13.1 Å². The van der Waals surface area contributed by atoms with E-state index in [0.717, 1.165) is 10.4 Å². The fourth-order valence-corrected chi connectivity index (χ4v) is 3.99. The number of carbonyl (C=O) groups excluding carboxylic acids is 2. The van der Waals surface area contributed by atoms with Crippen LogP contribution in [0.5, 0.6) is 0 Å². The maximum Gasteiger partial charge on any atom is 0.246 e. The third-order valence-electron chi connectivity index (χ3n) is 5.02. The summed E-state index contributed by atoms with van der Waals surface area (Å²) in [6, 6.07) is 13.6. The van der Waals surface area contributed by atoms with E-state index in [2.05, 4.69) is 15.5 Å². The van der Waals surface area contributed by atoms with Gasteiger partial charge in [-0.05, 0) is 35.9 Å². The summed E-state index contributed by atoms with van der Waals surface area (Å²) in [7, 11) is 0. The standard InChI is InChI=1S/C22H22N4O3S/c27-20(9-8-16-5-2-1-3-6-16)26-12-10-17(11-13-26)22(28)23-15-19-24-21(25-29-19)18-7-4-14-30-18/h1-9,14,17H,10-13,15H2,(H,23,28)/b9-8+. The van der Waals surface area contributed by atoms with Crippen LogP contribution < -0.4 is 5.32 Å². The Labute approximate surface area is 178 Å². The monoisotopic (exact) mass is 422 g/mol. The molecule has 1 saturated heterocycles. The molecule has 8 heteroatoms. The molecule has 154 valence electrons. The average molecular weight is 423 g/mol. The van der Waals surface area contributed by atoms with Crippen LogP contribution >= 0.6 is 11.3 Å². The lowest BCUT2D eigenvalue weighted by Crippen LogP contribution is -2.42. The van der Waals surface area contributed by atoms with E-state index in [4.69, 9.17) is 4.52 Å². The maximum atomic E-state index is 12.5. The van der Waals surface area contributed by atoms with Crippen LogP contribution in [0, 0.1) is 5.92 Å². The Morgan fingerprint density at radius 3 is 2.70 bits per heavy atom. The summed E-state index contributed by atoms with van der Waals surface area (Å²) in [6.45, 7) is 1.34. The number of piperidine rings is 1. The Morgan fingerprint density at radius 2 is 1.97 bits per heavy atom. The summed E-state index contributed by atoms with van der Waals surface area (Å²) in [5, 5.41) is 8.76. The summed E-state index contributed by atoms with van der Waals surface area (Å²) in [6.07, 6.45) is 4.69. The van der Waals surface area contributed by atoms with Gasteiger partial charge in [0.25, 0.3) is 0 Å². The van der Waals surface area contributed by atoms with Crippen molar-refractivity contribution >= 4 is 29.2 Å². The van der Waals surface area contributed by atoms with Gasteiger partial charge < -0.3 is 14.7 Å². The SMILES string of the molecule is O=C(NCc1nc(-c2cccs2)no1)C1CCN(C(=O)/C=C/c2ccccc2)CC1. The van der Waals surface area contributed by atoms with Crippen molar-refractivity contribution in [1.29, 1.82) is 0 Å². The van der Waals surface area contributed by atoms with Crippen LogP contribution in [0.4, 0.5) is 0 Å². The minimum absolute atomic E-state index is 0.0234. The van der Waals surface area contributed by atoms with Gasteiger partial charge in [0.15, 0.2) is 0 Å². The van der Waals surface area contributed by atoms with Gasteiger partial charge in [-0.15, -0.1) is 11.3 Å². The molecule has 4 rings (SSSR count). The molecule has 3 aromatic rings. The lowest BCUT2D eigenvalue weighted by molar-refractivity contribution is -0.132. The molecule has 30 heavy (non-hydrogen) atoms. The number of carbonyl (C=O) groups is 2. The first-order valence-corrected chi connectivity index (χ1v) is 10.7. The lowest BCUT2D eigenvalue weighted by Gasteiger charge is -2.30. The second-order valence-corrected chi connectivity index (χ2v) is 8.00. The molecule has 2 amide bonds. The minimum Gasteiger partial charge on any atom is -0.347 e. The summed E-state index contributed by atoms with van der Waals surface area (Å²) < 4.78 is 5.21. The van der Waals surface area contributed by atoms with Crippen LogP contribution in [-0.4, -0.2) is 39.9 Å². The highest BCUT2D eigenvalue weighted by atomic mass is 32.1. The van der Waals surface area contributed by atoms with Crippen molar-refractivity contribution in [3.05, 3.63) is 65.4 Å². The van der Waals surface area contributed by atoms with Crippen molar-refractivity contribution in [2.24, 2.45) is 5.92 Å². The van der Waals surface area contributed by atoms with Crippen molar-refractivity contribution in [3.8, 4) is 10.7 Å². The number of likely N-dealkylation sites (tertiary alicyclic amines) is 1. The number of nitrogens with zero attached hydrogens (tertiary/aromatic N) is 3. The van der Waals surface area contributed by atoms with Gasteiger partial charge in [-0.3, -0.25) is 9.59 Å². The van der Waals surface area contributed by atoms with E-state index in [1.165, 1.54) is 11.3 Å². The van der Waals surface area contributed by atoms with Crippen molar-refractivity contribution < 1.29 is 14.1 Å². The Hall–Kier alpha value is -3.26.